The van der Waals surface area contributed by atoms with E-state index >= 15 is 0 Å². The highest BCUT2D eigenvalue weighted by atomic mass is 19.1. The van der Waals surface area contributed by atoms with Crippen molar-refractivity contribution < 1.29 is 13.9 Å². The number of ether oxygens (including phenoxy) is 1. The van der Waals surface area contributed by atoms with Crippen LogP contribution in [0.3, 0.4) is 0 Å². The summed E-state index contributed by atoms with van der Waals surface area (Å²) in [5.41, 5.74) is -0.752. The molecule has 76 valence electrons. The van der Waals surface area contributed by atoms with Gasteiger partial charge in [-0.2, -0.15) is 4.98 Å². The second-order valence-corrected chi connectivity index (χ2v) is 2.26. The van der Waals surface area contributed by atoms with Crippen LogP contribution in [0, 0.1) is 5.82 Å². The molecule has 1 aromatic heterocycles. The van der Waals surface area contributed by atoms with Gasteiger partial charge in [0.15, 0.2) is 11.6 Å². The topological polar surface area (TPSA) is 84.1 Å². The van der Waals surface area contributed by atoms with E-state index in [0.717, 1.165) is 0 Å². The molecule has 0 aliphatic rings. The molecule has 14 heavy (non-hydrogen) atoms. The standard InChI is InChI=1S/C7H8FN3O3/c1-2-14-7(13)11-5-4(8)3-9-6(12)10-5/h3H,2H2,1H3,(H2,9,10,11,12,13). The first-order valence-corrected chi connectivity index (χ1v) is 3.82. The van der Waals surface area contributed by atoms with Crippen molar-refractivity contribution >= 4 is 11.9 Å². The lowest BCUT2D eigenvalue weighted by Gasteiger charge is -2.04. The largest absolute Gasteiger partial charge is 0.450 e. The lowest BCUT2D eigenvalue weighted by Crippen LogP contribution is -2.20. The van der Waals surface area contributed by atoms with Crippen LogP contribution in [-0.2, 0) is 4.74 Å². The van der Waals surface area contributed by atoms with Crippen LogP contribution in [0.5, 0.6) is 0 Å². The van der Waals surface area contributed by atoms with E-state index in [1.165, 1.54) is 0 Å². The Balaban J connectivity index is 2.80. The van der Waals surface area contributed by atoms with Crippen LogP contribution >= 0.6 is 0 Å². The lowest BCUT2D eigenvalue weighted by atomic mass is 10.5. The molecule has 0 aromatic carbocycles. The minimum Gasteiger partial charge on any atom is -0.450 e. The Labute approximate surface area is 78.1 Å². The number of aromatic amines is 1. The highest BCUT2D eigenvalue weighted by Gasteiger charge is 2.07. The zero-order valence-corrected chi connectivity index (χ0v) is 7.33. The van der Waals surface area contributed by atoms with Crippen molar-refractivity contribution in [3.05, 3.63) is 22.5 Å². The SMILES string of the molecule is CCOC(=O)Nc1[nH]c(=O)ncc1F. The molecule has 0 aliphatic heterocycles. The molecule has 0 spiro atoms. The second-order valence-electron chi connectivity index (χ2n) is 2.26. The smallest absolute Gasteiger partial charge is 0.412 e. The van der Waals surface area contributed by atoms with E-state index in [1.807, 2.05) is 10.3 Å². The van der Waals surface area contributed by atoms with Gasteiger partial charge in [0.05, 0.1) is 12.8 Å². The number of aromatic nitrogens is 2. The van der Waals surface area contributed by atoms with Crippen molar-refractivity contribution in [1.82, 2.24) is 9.97 Å². The monoisotopic (exact) mass is 201 g/mol. The summed E-state index contributed by atoms with van der Waals surface area (Å²) in [4.78, 5) is 26.6. The van der Waals surface area contributed by atoms with Gasteiger partial charge in [-0.15, -0.1) is 0 Å². The van der Waals surface area contributed by atoms with Crippen molar-refractivity contribution in [2.45, 2.75) is 6.92 Å². The minimum atomic E-state index is -0.840. The minimum absolute atomic E-state index is 0.156. The quantitative estimate of drug-likeness (QED) is 0.728. The number of hydrogen-bond acceptors (Lipinski definition) is 4. The van der Waals surface area contributed by atoms with E-state index in [-0.39, 0.29) is 12.4 Å². The van der Waals surface area contributed by atoms with Crippen LogP contribution in [0.4, 0.5) is 15.0 Å². The molecule has 0 radical (unpaired) electrons. The third-order valence-electron chi connectivity index (χ3n) is 1.27. The Kier molecular flexibility index (Phi) is 3.16. The van der Waals surface area contributed by atoms with Gasteiger partial charge in [0, 0.05) is 0 Å². The van der Waals surface area contributed by atoms with E-state index in [1.54, 1.807) is 6.92 Å². The Morgan fingerprint density at radius 1 is 1.79 bits per heavy atom. The number of carbonyl (C=O) groups excluding carboxylic acids is 1. The molecular formula is C7H8FN3O3. The molecule has 1 heterocycles. The van der Waals surface area contributed by atoms with Gasteiger partial charge >= 0.3 is 11.8 Å². The first-order chi connectivity index (χ1) is 6.63. The van der Waals surface area contributed by atoms with Crippen LogP contribution < -0.4 is 11.0 Å². The fourth-order valence-electron chi connectivity index (χ4n) is 0.739. The molecule has 6 nitrogen and oxygen atoms in total. The number of halogens is 1. The summed E-state index contributed by atoms with van der Waals surface area (Å²) in [6, 6.07) is 0. The van der Waals surface area contributed by atoms with Crippen molar-refractivity contribution in [3.8, 4) is 0 Å². The van der Waals surface area contributed by atoms with Crippen molar-refractivity contribution in [1.29, 1.82) is 0 Å². The molecule has 0 unspecified atom stereocenters. The number of hydrogen-bond donors (Lipinski definition) is 2. The third-order valence-corrected chi connectivity index (χ3v) is 1.27. The van der Waals surface area contributed by atoms with E-state index < -0.39 is 17.6 Å². The number of anilines is 1. The Bertz CT molecular complexity index is 390. The molecule has 1 rings (SSSR count). The first kappa shape index (κ1) is 10.2. The average molecular weight is 201 g/mol. The maximum Gasteiger partial charge on any atom is 0.412 e. The summed E-state index contributed by atoms with van der Waals surface area (Å²) in [6.07, 6.45) is -0.131. The lowest BCUT2D eigenvalue weighted by molar-refractivity contribution is 0.167. The van der Waals surface area contributed by atoms with Gasteiger partial charge in [0.1, 0.15) is 0 Å². The van der Waals surface area contributed by atoms with Crippen molar-refractivity contribution in [2.24, 2.45) is 0 Å². The van der Waals surface area contributed by atoms with Gasteiger partial charge in [-0.1, -0.05) is 0 Å². The second kappa shape index (κ2) is 4.35. The van der Waals surface area contributed by atoms with Crippen LogP contribution in [0.25, 0.3) is 0 Å². The van der Waals surface area contributed by atoms with Crippen molar-refractivity contribution in [2.75, 3.05) is 11.9 Å². The molecule has 0 bridgehead atoms. The van der Waals surface area contributed by atoms with Crippen LogP contribution in [0.1, 0.15) is 6.92 Å². The average Bonchev–Trinajstić information content (AvgIpc) is 2.12. The zero-order chi connectivity index (χ0) is 10.6. The highest BCUT2D eigenvalue weighted by molar-refractivity contribution is 5.83. The van der Waals surface area contributed by atoms with Gasteiger partial charge < -0.3 is 4.74 Å². The molecule has 2 N–H and O–H groups in total. The molecule has 0 saturated heterocycles. The van der Waals surface area contributed by atoms with Gasteiger partial charge in [-0.3, -0.25) is 10.3 Å². The van der Waals surface area contributed by atoms with E-state index in [0.29, 0.717) is 6.20 Å². The summed E-state index contributed by atoms with van der Waals surface area (Å²) < 4.78 is 17.3. The zero-order valence-electron chi connectivity index (χ0n) is 7.33. The molecular weight excluding hydrogens is 193 g/mol. The van der Waals surface area contributed by atoms with Gasteiger partial charge in [0.25, 0.3) is 0 Å². The molecule has 0 aliphatic carbocycles. The molecule has 1 aromatic rings. The van der Waals surface area contributed by atoms with Gasteiger partial charge in [-0.25, -0.2) is 14.0 Å². The van der Waals surface area contributed by atoms with Crippen LogP contribution in [-0.4, -0.2) is 22.7 Å². The number of rotatable bonds is 2. The van der Waals surface area contributed by atoms with Gasteiger partial charge in [0.2, 0.25) is 0 Å². The molecule has 0 atom stereocenters. The normalized spacial score (nSPS) is 9.57. The Morgan fingerprint density at radius 3 is 3.14 bits per heavy atom. The number of amides is 1. The summed E-state index contributed by atoms with van der Waals surface area (Å²) in [7, 11) is 0. The van der Waals surface area contributed by atoms with E-state index in [9.17, 15) is 14.0 Å². The molecule has 7 heteroatoms. The van der Waals surface area contributed by atoms with Gasteiger partial charge in [-0.05, 0) is 6.92 Å². The van der Waals surface area contributed by atoms with E-state index in [4.69, 9.17) is 0 Å². The molecule has 0 fully saturated rings. The number of H-pyrrole nitrogens is 1. The fourth-order valence-corrected chi connectivity index (χ4v) is 0.739. The molecule has 0 saturated carbocycles. The van der Waals surface area contributed by atoms with E-state index in [2.05, 4.69) is 9.72 Å². The summed E-state index contributed by atoms with van der Waals surface area (Å²) in [5, 5.41) is 2.02. The molecule has 1 amide bonds. The van der Waals surface area contributed by atoms with Crippen LogP contribution in [0.2, 0.25) is 0 Å². The van der Waals surface area contributed by atoms with Crippen molar-refractivity contribution in [3.63, 3.8) is 0 Å². The first-order valence-electron chi connectivity index (χ1n) is 3.82. The van der Waals surface area contributed by atoms with Crippen LogP contribution in [0.15, 0.2) is 11.0 Å². The maximum atomic E-state index is 12.9. The summed E-state index contributed by atoms with van der Waals surface area (Å²) in [5.74, 6) is -1.19. The number of nitrogens with zero attached hydrogens (tertiary/aromatic N) is 1. The Hall–Kier alpha value is -1.92. The fraction of sp³-hybridized carbons (Fsp3) is 0.286. The summed E-state index contributed by atoms with van der Waals surface area (Å²) >= 11 is 0. The maximum absolute atomic E-state index is 12.9. The third kappa shape index (κ3) is 2.54. The number of nitrogens with one attached hydrogen (secondary N) is 2. The Morgan fingerprint density at radius 2 is 2.50 bits per heavy atom. The predicted octanol–water partition coefficient (Wildman–Crippen LogP) is 0.477. The summed E-state index contributed by atoms with van der Waals surface area (Å²) in [6.45, 7) is 1.76. The predicted molar refractivity (Wildman–Crippen MR) is 45.5 cm³/mol. The highest BCUT2D eigenvalue weighted by Crippen LogP contribution is 2.05. The number of carbonyl (C=O) groups is 1.